The zero-order valence-electron chi connectivity index (χ0n) is 12.6. The van der Waals surface area contributed by atoms with Crippen LogP contribution in [0, 0.1) is 5.41 Å². The monoisotopic (exact) mass is 271 g/mol. The van der Waals surface area contributed by atoms with Crippen molar-refractivity contribution in [3.8, 4) is 0 Å². The van der Waals surface area contributed by atoms with Gasteiger partial charge in [0.05, 0.1) is 6.10 Å². The largest absolute Gasteiger partial charge is 0.396 e. The van der Waals surface area contributed by atoms with Gasteiger partial charge in [0.15, 0.2) is 0 Å². The molecule has 1 saturated carbocycles. The molecule has 112 valence electrons. The molecule has 1 aliphatic rings. The molecule has 4 heteroatoms. The Morgan fingerprint density at radius 1 is 1.42 bits per heavy atom. The topological polar surface area (TPSA) is 58.6 Å². The molecule has 0 radical (unpaired) electrons. The van der Waals surface area contributed by atoms with E-state index in [2.05, 4.69) is 5.32 Å². The Bertz CT molecular complexity index is 273. The smallest absolute Gasteiger partial charge is 0.249 e. The maximum Gasteiger partial charge on any atom is 0.249 e. The summed E-state index contributed by atoms with van der Waals surface area (Å²) in [5.41, 5.74) is -0.0734. The van der Waals surface area contributed by atoms with Crippen molar-refractivity contribution in [1.82, 2.24) is 5.32 Å². The average molecular weight is 271 g/mol. The molecule has 0 bridgehead atoms. The standard InChI is InChI=1S/C15H29NO3/c1-4-13(19-12-7-5-6-8-12)14(18)16-11-15(2,3)9-10-17/h12-13,17H,4-11H2,1-3H3,(H,16,18). The first kappa shape index (κ1) is 16.4. The number of nitrogens with one attached hydrogen (secondary N) is 1. The van der Waals surface area contributed by atoms with E-state index in [1.165, 1.54) is 12.8 Å². The lowest BCUT2D eigenvalue weighted by Crippen LogP contribution is -2.42. The summed E-state index contributed by atoms with van der Waals surface area (Å²) >= 11 is 0. The molecule has 0 aromatic carbocycles. The minimum Gasteiger partial charge on any atom is -0.396 e. The highest BCUT2D eigenvalue weighted by atomic mass is 16.5. The van der Waals surface area contributed by atoms with E-state index < -0.39 is 0 Å². The third-order valence-electron chi connectivity index (χ3n) is 3.85. The van der Waals surface area contributed by atoms with Gasteiger partial charge in [0.25, 0.3) is 0 Å². The zero-order chi connectivity index (χ0) is 14.3. The maximum absolute atomic E-state index is 12.1. The van der Waals surface area contributed by atoms with Gasteiger partial charge in [0.2, 0.25) is 5.91 Å². The highest BCUT2D eigenvalue weighted by Crippen LogP contribution is 2.23. The number of hydrogen-bond donors (Lipinski definition) is 2. The summed E-state index contributed by atoms with van der Waals surface area (Å²) in [6.45, 7) is 6.80. The van der Waals surface area contributed by atoms with Crippen LogP contribution in [0.25, 0.3) is 0 Å². The minimum atomic E-state index is -0.326. The summed E-state index contributed by atoms with van der Waals surface area (Å²) in [7, 11) is 0. The summed E-state index contributed by atoms with van der Waals surface area (Å²) in [6.07, 6.45) is 5.93. The lowest BCUT2D eigenvalue weighted by Gasteiger charge is -2.26. The Kier molecular flexibility index (Phi) is 6.80. The Hall–Kier alpha value is -0.610. The van der Waals surface area contributed by atoms with Crippen LogP contribution in [0.5, 0.6) is 0 Å². The van der Waals surface area contributed by atoms with Crippen molar-refractivity contribution in [2.45, 2.75) is 71.5 Å². The summed E-state index contributed by atoms with van der Waals surface area (Å²) in [5.74, 6) is -0.0135. The van der Waals surface area contributed by atoms with E-state index in [4.69, 9.17) is 9.84 Å². The Morgan fingerprint density at radius 2 is 2.05 bits per heavy atom. The molecule has 0 aromatic rings. The molecule has 0 aliphatic heterocycles. The van der Waals surface area contributed by atoms with Crippen LogP contribution in [0.4, 0.5) is 0 Å². The van der Waals surface area contributed by atoms with Crippen molar-refractivity contribution < 1.29 is 14.6 Å². The predicted molar refractivity (Wildman–Crippen MR) is 75.9 cm³/mol. The maximum atomic E-state index is 12.1. The minimum absolute atomic E-state index is 0.0135. The summed E-state index contributed by atoms with van der Waals surface area (Å²) < 4.78 is 5.89. The van der Waals surface area contributed by atoms with Gasteiger partial charge in [-0.2, -0.15) is 0 Å². The lowest BCUT2D eigenvalue weighted by atomic mass is 9.89. The van der Waals surface area contributed by atoms with Gasteiger partial charge in [-0.1, -0.05) is 33.6 Å². The van der Waals surface area contributed by atoms with Gasteiger partial charge < -0.3 is 15.2 Å². The third-order valence-corrected chi connectivity index (χ3v) is 3.85. The molecule has 4 nitrogen and oxygen atoms in total. The number of aliphatic hydroxyl groups excluding tert-OH is 1. The molecule has 1 rings (SSSR count). The molecular formula is C15H29NO3. The van der Waals surface area contributed by atoms with Crippen molar-refractivity contribution in [2.24, 2.45) is 5.41 Å². The van der Waals surface area contributed by atoms with E-state index in [1.54, 1.807) is 0 Å². The molecule has 1 aliphatic carbocycles. The van der Waals surface area contributed by atoms with Crippen LogP contribution < -0.4 is 5.32 Å². The fourth-order valence-electron chi connectivity index (χ4n) is 2.43. The van der Waals surface area contributed by atoms with Crippen LogP contribution in [0.15, 0.2) is 0 Å². The highest BCUT2D eigenvalue weighted by molar-refractivity contribution is 5.80. The SMILES string of the molecule is CCC(OC1CCCC1)C(=O)NCC(C)(C)CCO. The summed E-state index contributed by atoms with van der Waals surface area (Å²) in [4.78, 5) is 12.1. The quantitative estimate of drug-likeness (QED) is 0.712. The molecule has 0 saturated heterocycles. The normalized spacial score (nSPS) is 18.5. The lowest BCUT2D eigenvalue weighted by molar-refractivity contribution is -0.137. The number of rotatable bonds is 8. The molecular weight excluding hydrogens is 242 g/mol. The Labute approximate surface area is 116 Å². The first-order chi connectivity index (χ1) is 8.98. The van der Waals surface area contributed by atoms with Gasteiger partial charge in [-0.15, -0.1) is 0 Å². The van der Waals surface area contributed by atoms with Gasteiger partial charge in [-0.25, -0.2) is 0 Å². The van der Waals surface area contributed by atoms with Crippen LogP contribution in [-0.2, 0) is 9.53 Å². The van der Waals surface area contributed by atoms with Gasteiger partial charge in [-0.3, -0.25) is 4.79 Å². The van der Waals surface area contributed by atoms with Crippen molar-refractivity contribution >= 4 is 5.91 Å². The van der Waals surface area contributed by atoms with E-state index in [-0.39, 0.29) is 30.1 Å². The first-order valence-electron chi connectivity index (χ1n) is 7.52. The second kappa shape index (κ2) is 7.85. The summed E-state index contributed by atoms with van der Waals surface area (Å²) in [5, 5.41) is 11.9. The molecule has 1 unspecified atom stereocenters. The van der Waals surface area contributed by atoms with Crippen molar-refractivity contribution in [1.29, 1.82) is 0 Å². The number of ether oxygens (including phenoxy) is 1. The fraction of sp³-hybridized carbons (Fsp3) is 0.933. The number of hydrogen-bond acceptors (Lipinski definition) is 3. The third kappa shape index (κ3) is 5.91. The van der Waals surface area contributed by atoms with Crippen molar-refractivity contribution in [3.05, 3.63) is 0 Å². The van der Waals surface area contributed by atoms with Gasteiger partial charge in [-0.05, 0) is 31.1 Å². The second-order valence-electron chi connectivity index (χ2n) is 6.30. The van der Waals surface area contributed by atoms with Crippen LogP contribution >= 0.6 is 0 Å². The van der Waals surface area contributed by atoms with Crippen molar-refractivity contribution in [2.75, 3.05) is 13.2 Å². The molecule has 0 spiro atoms. The molecule has 1 fully saturated rings. The van der Waals surface area contributed by atoms with E-state index in [9.17, 15) is 4.79 Å². The van der Waals surface area contributed by atoms with Gasteiger partial charge in [0.1, 0.15) is 6.10 Å². The van der Waals surface area contributed by atoms with E-state index in [0.29, 0.717) is 19.4 Å². The molecule has 0 heterocycles. The van der Waals surface area contributed by atoms with Gasteiger partial charge in [0, 0.05) is 13.2 Å². The van der Waals surface area contributed by atoms with Crippen LogP contribution in [0.3, 0.4) is 0 Å². The molecule has 19 heavy (non-hydrogen) atoms. The van der Waals surface area contributed by atoms with Crippen LogP contribution in [0.1, 0.15) is 59.3 Å². The zero-order valence-corrected chi connectivity index (χ0v) is 12.6. The Morgan fingerprint density at radius 3 is 2.58 bits per heavy atom. The number of carbonyl (C=O) groups is 1. The Balaban J connectivity index is 2.36. The number of carbonyl (C=O) groups excluding carboxylic acids is 1. The van der Waals surface area contributed by atoms with E-state index in [1.807, 2.05) is 20.8 Å². The van der Waals surface area contributed by atoms with Gasteiger partial charge >= 0.3 is 0 Å². The first-order valence-corrected chi connectivity index (χ1v) is 7.52. The molecule has 1 atom stereocenters. The van der Waals surface area contributed by atoms with E-state index in [0.717, 1.165) is 12.8 Å². The highest BCUT2D eigenvalue weighted by Gasteiger charge is 2.26. The molecule has 1 amide bonds. The number of amides is 1. The second-order valence-corrected chi connectivity index (χ2v) is 6.30. The van der Waals surface area contributed by atoms with Crippen molar-refractivity contribution in [3.63, 3.8) is 0 Å². The molecule has 2 N–H and O–H groups in total. The predicted octanol–water partition coefficient (Wildman–Crippen LogP) is 2.25. The summed E-state index contributed by atoms with van der Waals surface area (Å²) in [6, 6.07) is 0. The number of aliphatic hydroxyl groups is 1. The van der Waals surface area contributed by atoms with E-state index >= 15 is 0 Å². The molecule has 0 aromatic heterocycles. The average Bonchev–Trinajstić information content (AvgIpc) is 2.86. The van der Waals surface area contributed by atoms with Crippen LogP contribution in [0.2, 0.25) is 0 Å². The van der Waals surface area contributed by atoms with Crippen LogP contribution in [-0.4, -0.2) is 36.4 Å². The fourth-order valence-corrected chi connectivity index (χ4v) is 2.43.